The summed E-state index contributed by atoms with van der Waals surface area (Å²) in [6.07, 6.45) is 0. The van der Waals surface area contributed by atoms with Gasteiger partial charge in [0.05, 0.1) is 0 Å². The number of benzene rings is 1. The summed E-state index contributed by atoms with van der Waals surface area (Å²) in [4.78, 5) is 0. The molecule has 0 fully saturated rings. The van der Waals surface area contributed by atoms with Crippen molar-refractivity contribution < 1.29 is 4.39 Å². The molecular formula is C8H10ClFN2. The van der Waals surface area contributed by atoms with E-state index < -0.39 is 0 Å². The van der Waals surface area contributed by atoms with Crippen molar-refractivity contribution in [1.29, 1.82) is 0 Å². The molecule has 0 aliphatic rings. The van der Waals surface area contributed by atoms with Gasteiger partial charge in [-0.1, -0.05) is 17.7 Å². The third-order valence-corrected chi connectivity index (χ3v) is 1.82. The highest BCUT2D eigenvalue weighted by atomic mass is 35.5. The van der Waals surface area contributed by atoms with Crippen LogP contribution in [0.5, 0.6) is 0 Å². The van der Waals surface area contributed by atoms with Crippen LogP contribution in [-0.4, -0.2) is 12.1 Å². The summed E-state index contributed by atoms with van der Waals surface area (Å²) in [6.45, 7) is 0.311. The number of rotatable bonds is 2. The smallest absolute Gasteiger partial charge is 0.129 e. The molecule has 1 rings (SSSR count). The fourth-order valence-corrected chi connectivity index (χ4v) is 1.16. The maximum atomic E-state index is 13.0. The molecule has 1 aromatic rings. The number of nitrogens with two attached hydrogens (primary N) is 1. The van der Waals surface area contributed by atoms with Crippen LogP contribution in [0.3, 0.4) is 0 Å². The van der Waals surface area contributed by atoms with Gasteiger partial charge in [0, 0.05) is 24.2 Å². The van der Waals surface area contributed by atoms with Crippen LogP contribution in [-0.2, 0) is 6.54 Å². The molecule has 0 spiro atoms. The van der Waals surface area contributed by atoms with Gasteiger partial charge in [0.15, 0.2) is 0 Å². The Labute approximate surface area is 75.7 Å². The van der Waals surface area contributed by atoms with Crippen molar-refractivity contribution in [2.45, 2.75) is 6.54 Å². The third kappa shape index (κ3) is 2.17. The highest BCUT2D eigenvalue weighted by Crippen LogP contribution is 2.19. The Bertz CT molecular complexity index is 256. The molecule has 0 unspecified atom stereocenters. The average Bonchev–Trinajstić information content (AvgIpc) is 1.97. The van der Waals surface area contributed by atoms with Crippen LogP contribution in [0.25, 0.3) is 0 Å². The lowest BCUT2D eigenvalue weighted by Crippen LogP contribution is -2.25. The number of hydrogen-bond acceptors (Lipinski definition) is 2. The van der Waals surface area contributed by atoms with E-state index in [2.05, 4.69) is 0 Å². The van der Waals surface area contributed by atoms with Crippen molar-refractivity contribution in [3.63, 3.8) is 0 Å². The van der Waals surface area contributed by atoms with Crippen molar-refractivity contribution in [2.75, 3.05) is 7.05 Å². The van der Waals surface area contributed by atoms with Gasteiger partial charge in [-0.2, -0.15) is 0 Å². The summed E-state index contributed by atoms with van der Waals surface area (Å²) in [6, 6.07) is 4.58. The van der Waals surface area contributed by atoms with Crippen LogP contribution in [0, 0.1) is 5.82 Å². The average molecular weight is 189 g/mol. The number of nitrogens with zero attached hydrogens (tertiary/aromatic N) is 1. The predicted molar refractivity (Wildman–Crippen MR) is 47.1 cm³/mol. The Hall–Kier alpha value is -0.640. The molecule has 2 nitrogen and oxygen atoms in total. The van der Waals surface area contributed by atoms with Gasteiger partial charge < -0.3 is 0 Å². The van der Waals surface area contributed by atoms with Crippen LogP contribution in [0.4, 0.5) is 4.39 Å². The van der Waals surface area contributed by atoms with E-state index in [4.69, 9.17) is 17.4 Å². The molecular weight excluding hydrogens is 179 g/mol. The standard InChI is InChI=1S/C8H10ClFN2/c1-12(11)5-6-7(9)3-2-4-8(6)10/h2-4H,5,11H2,1H3. The lowest BCUT2D eigenvalue weighted by atomic mass is 10.2. The van der Waals surface area contributed by atoms with Gasteiger partial charge >= 0.3 is 0 Å². The van der Waals surface area contributed by atoms with E-state index >= 15 is 0 Å². The van der Waals surface area contributed by atoms with Crippen molar-refractivity contribution in [3.05, 3.63) is 34.6 Å². The van der Waals surface area contributed by atoms with Crippen molar-refractivity contribution in [2.24, 2.45) is 5.84 Å². The largest absolute Gasteiger partial charge is 0.269 e. The first-order valence-electron chi connectivity index (χ1n) is 3.50. The predicted octanol–water partition coefficient (Wildman–Crippen LogP) is 1.78. The second-order valence-corrected chi connectivity index (χ2v) is 3.02. The highest BCUT2D eigenvalue weighted by Gasteiger charge is 2.06. The highest BCUT2D eigenvalue weighted by molar-refractivity contribution is 6.31. The van der Waals surface area contributed by atoms with Gasteiger partial charge in [0.1, 0.15) is 5.82 Å². The summed E-state index contributed by atoms with van der Waals surface area (Å²) >= 11 is 5.75. The normalized spacial score (nSPS) is 10.8. The number of hydrogen-bond donors (Lipinski definition) is 1. The first-order chi connectivity index (χ1) is 5.61. The fourth-order valence-electron chi connectivity index (χ4n) is 0.933. The van der Waals surface area contributed by atoms with Crippen LogP contribution in [0.1, 0.15) is 5.56 Å². The second-order valence-electron chi connectivity index (χ2n) is 2.62. The molecule has 0 radical (unpaired) electrons. The Morgan fingerprint density at radius 2 is 2.25 bits per heavy atom. The van der Waals surface area contributed by atoms with Gasteiger partial charge in [0.25, 0.3) is 0 Å². The monoisotopic (exact) mass is 188 g/mol. The van der Waals surface area contributed by atoms with E-state index in [0.29, 0.717) is 17.1 Å². The zero-order valence-electron chi connectivity index (χ0n) is 6.72. The van der Waals surface area contributed by atoms with Crippen molar-refractivity contribution >= 4 is 11.6 Å². The molecule has 1 aromatic carbocycles. The zero-order chi connectivity index (χ0) is 9.14. The number of halogens is 2. The summed E-state index contributed by atoms with van der Waals surface area (Å²) in [5, 5.41) is 1.79. The van der Waals surface area contributed by atoms with Crippen LogP contribution >= 0.6 is 11.6 Å². The van der Waals surface area contributed by atoms with Crippen molar-refractivity contribution in [1.82, 2.24) is 5.01 Å². The molecule has 12 heavy (non-hydrogen) atoms. The summed E-state index contributed by atoms with van der Waals surface area (Å²) in [7, 11) is 1.66. The lowest BCUT2D eigenvalue weighted by molar-refractivity contribution is 0.335. The molecule has 0 heterocycles. The topological polar surface area (TPSA) is 29.3 Å². The van der Waals surface area contributed by atoms with E-state index in [9.17, 15) is 4.39 Å². The van der Waals surface area contributed by atoms with Crippen molar-refractivity contribution in [3.8, 4) is 0 Å². The minimum atomic E-state index is -0.320. The molecule has 0 bridgehead atoms. The first-order valence-corrected chi connectivity index (χ1v) is 3.88. The molecule has 66 valence electrons. The first kappa shape index (κ1) is 9.45. The SMILES string of the molecule is CN(N)Cc1c(F)cccc1Cl. The maximum absolute atomic E-state index is 13.0. The molecule has 0 saturated carbocycles. The Morgan fingerprint density at radius 1 is 1.58 bits per heavy atom. The molecule has 2 N–H and O–H groups in total. The summed E-state index contributed by atoms with van der Waals surface area (Å²) in [5.41, 5.74) is 0.434. The lowest BCUT2D eigenvalue weighted by Gasteiger charge is -2.11. The molecule has 0 aliphatic carbocycles. The Balaban J connectivity index is 2.96. The fraction of sp³-hybridized carbons (Fsp3) is 0.250. The minimum absolute atomic E-state index is 0.311. The molecule has 0 saturated heterocycles. The van der Waals surface area contributed by atoms with E-state index in [1.807, 2.05) is 0 Å². The molecule has 0 aromatic heterocycles. The van der Waals surface area contributed by atoms with Gasteiger partial charge in [-0.25, -0.2) is 9.40 Å². The van der Waals surface area contributed by atoms with Gasteiger partial charge in [0.2, 0.25) is 0 Å². The molecule has 0 aliphatic heterocycles. The molecule has 4 heteroatoms. The Morgan fingerprint density at radius 3 is 2.75 bits per heavy atom. The van der Waals surface area contributed by atoms with Crippen LogP contribution < -0.4 is 5.84 Å². The summed E-state index contributed by atoms with van der Waals surface area (Å²) < 4.78 is 13.0. The summed E-state index contributed by atoms with van der Waals surface area (Å²) in [5.74, 6) is 5.05. The number of hydrazine groups is 1. The molecule has 0 atom stereocenters. The Kier molecular flexibility index (Phi) is 3.03. The van der Waals surface area contributed by atoms with Gasteiger partial charge in [-0.05, 0) is 12.1 Å². The van der Waals surface area contributed by atoms with Crippen LogP contribution in [0.2, 0.25) is 5.02 Å². The molecule has 0 amide bonds. The van der Waals surface area contributed by atoms with Gasteiger partial charge in [-0.15, -0.1) is 0 Å². The van der Waals surface area contributed by atoms with Gasteiger partial charge in [-0.3, -0.25) is 5.84 Å². The quantitative estimate of drug-likeness (QED) is 0.567. The van der Waals surface area contributed by atoms with Crippen LogP contribution in [0.15, 0.2) is 18.2 Å². The zero-order valence-corrected chi connectivity index (χ0v) is 7.48. The second kappa shape index (κ2) is 3.85. The van der Waals surface area contributed by atoms with E-state index in [-0.39, 0.29) is 5.82 Å². The maximum Gasteiger partial charge on any atom is 0.129 e. The van der Waals surface area contributed by atoms with E-state index in [0.717, 1.165) is 0 Å². The third-order valence-electron chi connectivity index (χ3n) is 1.47. The van der Waals surface area contributed by atoms with E-state index in [1.54, 1.807) is 19.2 Å². The minimum Gasteiger partial charge on any atom is -0.269 e. The van der Waals surface area contributed by atoms with E-state index in [1.165, 1.54) is 11.1 Å².